The summed E-state index contributed by atoms with van der Waals surface area (Å²) in [5, 5.41) is 10.0. The minimum atomic E-state index is -0.864. The van der Waals surface area contributed by atoms with Gasteiger partial charge in [-0.1, -0.05) is 0 Å². The van der Waals surface area contributed by atoms with Crippen LogP contribution in [0, 0.1) is 6.92 Å². The van der Waals surface area contributed by atoms with Crippen molar-refractivity contribution in [3.63, 3.8) is 0 Å². The monoisotopic (exact) mass is 217 g/mol. The van der Waals surface area contributed by atoms with Crippen LogP contribution in [0.2, 0.25) is 0 Å². The second-order valence-corrected chi connectivity index (χ2v) is 4.35. The molecule has 0 aliphatic rings. The Morgan fingerprint density at radius 3 is 2.62 bits per heavy atom. The molecule has 0 bridgehead atoms. The van der Waals surface area contributed by atoms with Crippen LogP contribution in [0.1, 0.15) is 35.8 Å². The lowest BCUT2D eigenvalue weighted by Crippen LogP contribution is -2.02. The molecule has 1 aromatic carbocycles. The number of aromatic nitrogens is 1. The summed E-state index contributed by atoms with van der Waals surface area (Å²) in [5.74, 6) is -0.864. The Labute approximate surface area is 94.3 Å². The first-order valence-corrected chi connectivity index (χ1v) is 5.35. The lowest BCUT2D eigenvalue weighted by Gasteiger charge is -2.10. The maximum atomic E-state index is 11.0. The van der Waals surface area contributed by atoms with Crippen LogP contribution in [0.5, 0.6) is 0 Å². The van der Waals surface area contributed by atoms with Crippen molar-refractivity contribution in [3.8, 4) is 0 Å². The van der Waals surface area contributed by atoms with Crippen molar-refractivity contribution in [1.29, 1.82) is 0 Å². The molecule has 0 saturated heterocycles. The topological polar surface area (TPSA) is 42.2 Å². The van der Waals surface area contributed by atoms with Gasteiger partial charge in [0.05, 0.1) is 5.56 Å². The van der Waals surface area contributed by atoms with E-state index in [-0.39, 0.29) is 0 Å². The van der Waals surface area contributed by atoms with Crippen molar-refractivity contribution in [2.75, 3.05) is 0 Å². The molecule has 0 atom stereocenters. The number of benzene rings is 1. The summed E-state index contributed by atoms with van der Waals surface area (Å²) >= 11 is 0. The second-order valence-electron chi connectivity index (χ2n) is 4.35. The molecular formula is C13H15NO2. The van der Waals surface area contributed by atoms with Gasteiger partial charge in [0.1, 0.15) is 0 Å². The fourth-order valence-corrected chi connectivity index (χ4v) is 1.99. The van der Waals surface area contributed by atoms with E-state index >= 15 is 0 Å². The van der Waals surface area contributed by atoms with Crippen LogP contribution < -0.4 is 0 Å². The number of rotatable bonds is 2. The highest BCUT2D eigenvalue weighted by Gasteiger charge is 2.11. The maximum absolute atomic E-state index is 11.0. The maximum Gasteiger partial charge on any atom is 0.335 e. The van der Waals surface area contributed by atoms with E-state index in [0.29, 0.717) is 11.6 Å². The van der Waals surface area contributed by atoms with E-state index in [2.05, 4.69) is 18.4 Å². The van der Waals surface area contributed by atoms with Crippen LogP contribution in [-0.4, -0.2) is 15.6 Å². The Morgan fingerprint density at radius 2 is 2.06 bits per heavy atom. The fourth-order valence-electron chi connectivity index (χ4n) is 1.99. The molecular weight excluding hydrogens is 202 g/mol. The van der Waals surface area contributed by atoms with Crippen molar-refractivity contribution in [2.24, 2.45) is 0 Å². The highest BCUT2D eigenvalue weighted by molar-refractivity contribution is 5.95. The molecule has 0 unspecified atom stereocenters. The van der Waals surface area contributed by atoms with E-state index in [1.165, 1.54) is 0 Å². The molecule has 0 spiro atoms. The molecule has 2 aromatic rings. The van der Waals surface area contributed by atoms with E-state index < -0.39 is 5.97 Å². The zero-order valence-corrected chi connectivity index (χ0v) is 9.69. The molecule has 16 heavy (non-hydrogen) atoms. The van der Waals surface area contributed by atoms with Gasteiger partial charge in [-0.15, -0.1) is 0 Å². The molecule has 0 fully saturated rings. The predicted octanol–water partition coefficient (Wildman–Crippen LogP) is 3.23. The molecule has 1 heterocycles. The van der Waals surface area contributed by atoms with Gasteiger partial charge in [-0.3, -0.25) is 0 Å². The van der Waals surface area contributed by atoms with Gasteiger partial charge in [0.15, 0.2) is 0 Å². The highest BCUT2D eigenvalue weighted by atomic mass is 16.4. The second kappa shape index (κ2) is 3.67. The van der Waals surface area contributed by atoms with Crippen molar-refractivity contribution >= 4 is 16.9 Å². The Bertz CT molecular complexity index is 552. The molecule has 3 heteroatoms. The SMILES string of the molecule is Cc1cc2c(ccn2C(C)C)cc1C(=O)O. The number of carbonyl (C=O) groups is 1. The van der Waals surface area contributed by atoms with Gasteiger partial charge < -0.3 is 9.67 Å². The average Bonchev–Trinajstić information content (AvgIpc) is 2.58. The van der Waals surface area contributed by atoms with E-state index in [1.54, 1.807) is 6.07 Å². The summed E-state index contributed by atoms with van der Waals surface area (Å²) in [4.78, 5) is 11.0. The van der Waals surface area contributed by atoms with Crippen LogP contribution in [0.25, 0.3) is 10.9 Å². The number of hydrogen-bond donors (Lipinski definition) is 1. The minimum Gasteiger partial charge on any atom is -0.478 e. The molecule has 1 N–H and O–H groups in total. The number of carboxylic acid groups (broad SMARTS) is 1. The normalized spacial score (nSPS) is 11.2. The number of aromatic carboxylic acids is 1. The highest BCUT2D eigenvalue weighted by Crippen LogP contribution is 2.23. The zero-order valence-electron chi connectivity index (χ0n) is 9.69. The molecule has 0 aliphatic heterocycles. The fraction of sp³-hybridized carbons (Fsp3) is 0.308. The largest absolute Gasteiger partial charge is 0.478 e. The van der Waals surface area contributed by atoms with Crippen molar-refractivity contribution in [1.82, 2.24) is 4.57 Å². The first-order valence-electron chi connectivity index (χ1n) is 5.35. The van der Waals surface area contributed by atoms with E-state index in [0.717, 1.165) is 16.5 Å². The lowest BCUT2D eigenvalue weighted by atomic mass is 10.1. The van der Waals surface area contributed by atoms with Gasteiger partial charge in [0.25, 0.3) is 0 Å². The molecule has 84 valence electrons. The van der Waals surface area contributed by atoms with Crippen LogP contribution in [-0.2, 0) is 0 Å². The molecule has 2 rings (SSSR count). The van der Waals surface area contributed by atoms with Gasteiger partial charge in [-0.05, 0) is 44.5 Å². The Kier molecular flexibility index (Phi) is 2.46. The summed E-state index contributed by atoms with van der Waals surface area (Å²) in [5.41, 5.74) is 2.28. The first kappa shape index (κ1) is 10.7. The Hall–Kier alpha value is -1.77. The molecule has 0 aliphatic carbocycles. The van der Waals surface area contributed by atoms with E-state index in [9.17, 15) is 4.79 Å². The third-order valence-corrected chi connectivity index (χ3v) is 2.85. The first-order chi connectivity index (χ1) is 7.50. The number of carboxylic acids is 1. The van der Waals surface area contributed by atoms with Gasteiger partial charge in [-0.2, -0.15) is 0 Å². The standard InChI is InChI=1S/C13H15NO2/c1-8(2)14-5-4-10-7-11(13(15)16)9(3)6-12(10)14/h4-8H,1-3H3,(H,15,16). The summed E-state index contributed by atoms with van der Waals surface area (Å²) in [6, 6.07) is 6.03. The van der Waals surface area contributed by atoms with Crippen LogP contribution in [0.15, 0.2) is 24.4 Å². The third kappa shape index (κ3) is 1.58. The van der Waals surface area contributed by atoms with E-state index in [4.69, 9.17) is 5.11 Å². The molecule has 0 saturated carbocycles. The van der Waals surface area contributed by atoms with Gasteiger partial charge >= 0.3 is 5.97 Å². The van der Waals surface area contributed by atoms with Crippen molar-refractivity contribution in [3.05, 3.63) is 35.5 Å². The quantitative estimate of drug-likeness (QED) is 0.839. The number of nitrogens with zero attached hydrogens (tertiary/aromatic N) is 1. The Balaban J connectivity index is 2.71. The average molecular weight is 217 g/mol. The number of hydrogen-bond acceptors (Lipinski definition) is 1. The van der Waals surface area contributed by atoms with E-state index in [1.807, 2.05) is 25.3 Å². The van der Waals surface area contributed by atoms with Crippen molar-refractivity contribution < 1.29 is 9.90 Å². The molecule has 3 nitrogen and oxygen atoms in total. The minimum absolute atomic E-state index is 0.382. The number of fused-ring (bicyclic) bond motifs is 1. The number of aryl methyl sites for hydroxylation is 1. The van der Waals surface area contributed by atoms with Crippen LogP contribution in [0.3, 0.4) is 0 Å². The van der Waals surface area contributed by atoms with Gasteiger partial charge in [0, 0.05) is 23.1 Å². The van der Waals surface area contributed by atoms with Crippen LogP contribution >= 0.6 is 0 Å². The summed E-state index contributed by atoms with van der Waals surface area (Å²) in [6.07, 6.45) is 2.00. The van der Waals surface area contributed by atoms with Gasteiger partial charge in [0.2, 0.25) is 0 Å². The lowest BCUT2D eigenvalue weighted by molar-refractivity contribution is 0.0696. The predicted molar refractivity (Wildman–Crippen MR) is 64.0 cm³/mol. The smallest absolute Gasteiger partial charge is 0.335 e. The third-order valence-electron chi connectivity index (χ3n) is 2.85. The molecule has 1 aromatic heterocycles. The van der Waals surface area contributed by atoms with Gasteiger partial charge in [-0.25, -0.2) is 4.79 Å². The summed E-state index contributed by atoms with van der Waals surface area (Å²) in [7, 11) is 0. The Morgan fingerprint density at radius 1 is 1.38 bits per heavy atom. The summed E-state index contributed by atoms with van der Waals surface area (Å²) < 4.78 is 2.15. The summed E-state index contributed by atoms with van der Waals surface area (Å²) in [6.45, 7) is 6.06. The van der Waals surface area contributed by atoms with Crippen molar-refractivity contribution in [2.45, 2.75) is 26.8 Å². The molecule has 0 radical (unpaired) electrons. The van der Waals surface area contributed by atoms with Crippen LogP contribution in [0.4, 0.5) is 0 Å². The zero-order chi connectivity index (χ0) is 11.9. The molecule has 0 amide bonds.